The maximum absolute atomic E-state index is 15.2. The molecule has 1 aromatic heterocycles. The Morgan fingerprint density at radius 3 is 2.44 bits per heavy atom. The highest BCUT2D eigenvalue weighted by Gasteiger charge is 2.38. The molecule has 1 N–H and O–H groups in total. The number of rotatable bonds is 7. The van der Waals surface area contributed by atoms with E-state index in [9.17, 15) is 26.0 Å². The first-order valence-electron chi connectivity index (χ1n) is 11.6. The van der Waals surface area contributed by atoms with Crippen LogP contribution in [0.4, 0.5) is 27.6 Å². The van der Waals surface area contributed by atoms with Crippen LogP contribution in [0.25, 0.3) is 0 Å². The van der Waals surface area contributed by atoms with Crippen molar-refractivity contribution in [2.75, 3.05) is 25.0 Å². The van der Waals surface area contributed by atoms with Crippen molar-refractivity contribution in [2.45, 2.75) is 42.8 Å². The Kier molecular flexibility index (Phi) is 9.67. The molecule has 1 atom stereocenters. The average molecular weight is 592 g/mol. The van der Waals surface area contributed by atoms with Crippen LogP contribution in [0.2, 0.25) is 0 Å². The van der Waals surface area contributed by atoms with E-state index >= 15 is 4.39 Å². The lowest BCUT2D eigenvalue weighted by molar-refractivity contribution is -0.192. The molecule has 39 heavy (non-hydrogen) atoms. The van der Waals surface area contributed by atoms with Crippen LogP contribution in [-0.4, -0.2) is 61.7 Å². The van der Waals surface area contributed by atoms with Crippen molar-refractivity contribution in [3.05, 3.63) is 75.7 Å². The second kappa shape index (κ2) is 12.4. The van der Waals surface area contributed by atoms with Crippen LogP contribution in [0.15, 0.2) is 52.2 Å². The Morgan fingerprint density at radius 1 is 1.23 bits per heavy atom. The first-order valence-corrected chi connectivity index (χ1v) is 14.2. The summed E-state index contributed by atoms with van der Waals surface area (Å²) in [7, 11) is -2.40. The number of thiazole rings is 1. The Bertz CT molecular complexity index is 1380. The van der Waals surface area contributed by atoms with Crippen LogP contribution in [0.1, 0.15) is 23.2 Å². The van der Waals surface area contributed by atoms with Crippen LogP contribution >= 0.6 is 11.3 Å². The highest BCUT2D eigenvalue weighted by Crippen LogP contribution is 2.33. The maximum Gasteiger partial charge on any atom is 0.490 e. The number of hydrogen-bond acceptors (Lipinski definition) is 7. The van der Waals surface area contributed by atoms with E-state index in [1.165, 1.54) is 29.3 Å². The number of carbonyl (C=O) groups is 1. The Morgan fingerprint density at radius 2 is 1.87 bits per heavy atom. The summed E-state index contributed by atoms with van der Waals surface area (Å²) >= 11 is 1.23. The molecule has 1 aliphatic heterocycles. The molecule has 1 saturated heterocycles. The van der Waals surface area contributed by atoms with Crippen molar-refractivity contribution in [1.29, 1.82) is 0 Å². The van der Waals surface area contributed by atoms with Gasteiger partial charge in [0.1, 0.15) is 16.5 Å². The number of halogens is 5. The molecular formula is C25H26F5N3O4S2. The predicted molar refractivity (Wildman–Crippen MR) is 136 cm³/mol. The second-order valence-electron chi connectivity index (χ2n) is 8.96. The smallest absolute Gasteiger partial charge is 0.475 e. The molecule has 0 aliphatic carbocycles. The van der Waals surface area contributed by atoms with Crippen LogP contribution in [-0.2, 0) is 26.9 Å². The third-order valence-electron chi connectivity index (χ3n) is 6.19. The van der Waals surface area contributed by atoms with Crippen LogP contribution in [0.3, 0.4) is 0 Å². The number of aromatic nitrogens is 1. The normalized spacial score (nSPS) is 16.0. The monoisotopic (exact) mass is 591 g/mol. The summed E-state index contributed by atoms with van der Waals surface area (Å²) in [6, 6.07) is 11.4. The minimum atomic E-state index is -5.08. The molecule has 1 aliphatic rings. The van der Waals surface area contributed by atoms with Gasteiger partial charge in [-0.3, -0.25) is 4.90 Å². The number of likely N-dealkylation sites (N-methyl/N-ethyl adjacent to an activating group) is 1. The first-order chi connectivity index (χ1) is 18.2. The van der Waals surface area contributed by atoms with E-state index < -0.39 is 44.3 Å². The van der Waals surface area contributed by atoms with Crippen molar-refractivity contribution in [3.63, 3.8) is 0 Å². The van der Waals surface area contributed by atoms with E-state index in [-0.39, 0.29) is 17.3 Å². The molecule has 0 radical (unpaired) electrons. The molecule has 0 spiro atoms. The summed E-state index contributed by atoms with van der Waals surface area (Å²) < 4.78 is 87.3. The number of sulfone groups is 1. The quantitative estimate of drug-likeness (QED) is 0.385. The Hall–Kier alpha value is -3.10. The molecule has 2 heterocycles. The van der Waals surface area contributed by atoms with E-state index in [4.69, 9.17) is 9.90 Å². The van der Waals surface area contributed by atoms with E-state index in [0.717, 1.165) is 32.1 Å². The van der Waals surface area contributed by atoms with Crippen LogP contribution in [0, 0.1) is 18.6 Å². The maximum atomic E-state index is 15.2. The van der Waals surface area contributed by atoms with Gasteiger partial charge in [-0.25, -0.2) is 27.0 Å². The summed E-state index contributed by atoms with van der Waals surface area (Å²) in [5, 5.41) is 8.68. The molecule has 0 saturated carbocycles. The third kappa shape index (κ3) is 7.73. The molecule has 0 unspecified atom stereocenters. The number of hydrogen-bond donors (Lipinski definition) is 1. The van der Waals surface area contributed by atoms with Crippen molar-refractivity contribution in [2.24, 2.45) is 0 Å². The van der Waals surface area contributed by atoms with Crippen LogP contribution < -0.4 is 4.90 Å². The molecule has 4 rings (SSSR count). The zero-order chi connectivity index (χ0) is 29.0. The zero-order valence-electron chi connectivity index (χ0n) is 21.0. The standard InChI is InChI=1S/C23H25F2N3O2S2.C2HF3O2/c1-16-21(27(2)19-8-9-28(12-19)11-17-6-4-3-5-7-17)10-20(24)23(22(16)25)32(29,30)14-18-13-31-15-26-18;3-2(4,5)1(6)7/h3-7,10,13,15,19H,8-9,11-12,14H2,1-2H3;(H,6,7)/t19-;/m0./s1. The van der Waals surface area contributed by atoms with Gasteiger partial charge < -0.3 is 10.0 Å². The SMILES string of the molecule is Cc1c(N(C)[C@H]2CCN(Cc3ccccc3)C2)cc(F)c(S(=O)(=O)Cc2cscn2)c1F.O=C(O)C(F)(F)F. The molecule has 1 fully saturated rings. The Balaban J connectivity index is 0.000000532. The van der Waals surface area contributed by atoms with E-state index in [1.54, 1.807) is 12.4 Å². The van der Waals surface area contributed by atoms with Crippen molar-refractivity contribution >= 4 is 32.8 Å². The zero-order valence-corrected chi connectivity index (χ0v) is 22.6. The topological polar surface area (TPSA) is 90.8 Å². The summed E-state index contributed by atoms with van der Waals surface area (Å²) in [6.45, 7) is 3.96. The molecular weight excluding hydrogens is 565 g/mol. The van der Waals surface area contributed by atoms with E-state index in [0.29, 0.717) is 5.69 Å². The molecule has 0 bridgehead atoms. The summed E-state index contributed by atoms with van der Waals surface area (Å²) in [4.78, 5) is 16.1. The highest BCUT2D eigenvalue weighted by molar-refractivity contribution is 7.90. The van der Waals surface area contributed by atoms with E-state index in [2.05, 4.69) is 22.0 Å². The molecule has 7 nitrogen and oxygen atoms in total. The fraction of sp³-hybridized carbons (Fsp3) is 0.360. The van der Waals surface area contributed by atoms with Gasteiger partial charge in [-0.2, -0.15) is 13.2 Å². The van der Waals surface area contributed by atoms with Gasteiger partial charge in [-0.15, -0.1) is 11.3 Å². The molecule has 14 heteroatoms. The largest absolute Gasteiger partial charge is 0.490 e. The lowest BCUT2D eigenvalue weighted by Gasteiger charge is -2.29. The third-order valence-corrected chi connectivity index (χ3v) is 8.50. The number of anilines is 1. The lowest BCUT2D eigenvalue weighted by atomic mass is 10.1. The minimum Gasteiger partial charge on any atom is -0.475 e. The lowest BCUT2D eigenvalue weighted by Crippen LogP contribution is -2.35. The highest BCUT2D eigenvalue weighted by atomic mass is 32.2. The number of nitrogens with zero attached hydrogens (tertiary/aromatic N) is 3. The van der Waals surface area contributed by atoms with Gasteiger partial charge in [0, 0.05) is 49.4 Å². The molecule has 212 valence electrons. The van der Waals surface area contributed by atoms with E-state index in [1.807, 2.05) is 23.1 Å². The predicted octanol–water partition coefficient (Wildman–Crippen LogP) is 5.05. The minimum absolute atomic E-state index is 0.0775. The first kappa shape index (κ1) is 30.4. The summed E-state index contributed by atoms with van der Waals surface area (Å²) in [5.41, 5.74) is 3.49. The van der Waals surface area contributed by atoms with Crippen molar-refractivity contribution in [1.82, 2.24) is 9.88 Å². The number of likely N-dealkylation sites (tertiary alicyclic amines) is 1. The van der Waals surface area contributed by atoms with Gasteiger partial charge in [0.15, 0.2) is 9.84 Å². The molecule has 3 aromatic rings. The van der Waals surface area contributed by atoms with Crippen molar-refractivity contribution < 1.29 is 40.3 Å². The molecule has 0 amide bonds. The van der Waals surface area contributed by atoms with Gasteiger partial charge in [0.25, 0.3) is 0 Å². The van der Waals surface area contributed by atoms with Crippen LogP contribution in [0.5, 0.6) is 0 Å². The van der Waals surface area contributed by atoms with Crippen molar-refractivity contribution in [3.8, 4) is 0 Å². The summed E-state index contributed by atoms with van der Waals surface area (Å²) in [5.74, 6) is -5.38. The number of alkyl halides is 3. The number of aliphatic carboxylic acids is 1. The fourth-order valence-electron chi connectivity index (χ4n) is 4.22. The van der Waals surface area contributed by atoms with Gasteiger partial charge in [0.05, 0.1) is 17.0 Å². The van der Waals surface area contributed by atoms with Gasteiger partial charge in [0.2, 0.25) is 0 Å². The molecule has 2 aromatic carbocycles. The average Bonchev–Trinajstić information content (AvgIpc) is 3.53. The van der Waals surface area contributed by atoms with Gasteiger partial charge in [-0.05, 0) is 25.0 Å². The number of carboxylic acids is 1. The van der Waals surface area contributed by atoms with Gasteiger partial charge in [-0.1, -0.05) is 30.3 Å². The van der Waals surface area contributed by atoms with Gasteiger partial charge >= 0.3 is 12.1 Å². The number of carboxylic acid groups (broad SMARTS) is 1. The number of benzene rings is 2. The summed E-state index contributed by atoms with van der Waals surface area (Å²) in [6.07, 6.45) is -4.23. The fourth-order valence-corrected chi connectivity index (χ4v) is 6.36. The second-order valence-corrected chi connectivity index (χ2v) is 11.6. The Labute approximate surface area is 226 Å².